The van der Waals surface area contributed by atoms with E-state index in [4.69, 9.17) is 0 Å². The van der Waals surface area contributed by atoms with E-state index < -0.39 is 15.6 Å². The van der Waals surface area contributed by atoms with Gasteiger partial charge in [-0.3, -0.25) is 4.79 Å². The highest BCUT2D eigenvalue weighted by atomic mass is 79.9. The van der Waals surface area contributed by atoms with Crippen molar-refractivity contribution < 1.29 is 18.6 Å². The molecule has 0 spiro atoms. The highest BCUT2D eigenvalue weighted by Crippen LogP contribution is 2.34. The molecule has 0 saturated carbocycles. The summed E-state index contributed by atoms with van der Waals surface area (Å²) in [5.74, 6) is -0.458. The van der Waals surface area contributed by atoms with Crippen molar-refractivity contribution in [1.29, 1.82) is 0 Å². The van der Waals surface area contributed by atoms with Crippen molar-refractivity contribution in [3.8, 4) is 11.5 Å². The van der Waals surface area contributed by atoms with Gasteiger partial charge in [0.15, 0.2) is 5.84 Å². The van der Waals surface area contributed by atoms with Gasteiger partial charge in [0.2, 0.25) is 0 Å². The Morgan fingerprint density at radius 1 is 1.12 bits per heavy atom. The summed E-state index contributed by atoms with van der Waals surface area (Å²) < 4.78 is 30.9. The van der Waals surface area contributed by atoms with Gasteiger partial charge < -0.3 is 20.1 Å². The van der Waals surface area contributed by atoms with E-state index in [1.165, 1.54) is 16.7 Å². The molecule has 0 bridgehead atoms. The van der Waals surface area contributed by atoms with Gasteiger partial charge >= 0.3 is 3.18 Å². The van der Waals surface area contributed by atoms with Gasteiger partial charge in [0, 0.05) is 18.0 Å². The van der Waals surface area contributed by atoms with Crippen molar-refractivity contribution in [2.24, 2.45) is 10.3 Å². The summed E-state index contributed by atoms with van der Waals surface area (Å²) in [6.45, 7) is 4.50. The zero-order valence-electron chi connectivity index (χ0n) is 18.2. The molecule has 13 heteroatoms. The molecule has 0 atom stereocenters. The molecule has 3 aromatic rings. The summed E-state index contributed by atoms with van der Waals surface area (Å²) in [6.07, 6.45) is 0.731. The number of aromatic hydroxyl groups is 2. The van der Waals surface area contributed by atoms with E-state index in [0.29, 0.717) is 23.4 Å². The molecule has 0 aliphatic carbocycles. The Hall–Kier alpha value is -1.83. The molecule has 4 rings (SSSR count). The third-order valence-electron chi connectivity index (χ3n) is 5.02. The number of sulfonamides is 1. The monoisotopic (exact) mass is 675 g/mol. The number of hydrogen-bond donors (Lipinski definition) is 3. The minimum Gasteiger partial charge on any atom is -0.508 e. The topological polar surface area (TPSA) is 121 Å². The molecule has 180 valence electrons. The number of rotatable bonds is 4. The van der Waals surface area contributed by atoms with Gasteiger partial charge in [-0.1, -0.05) is 26.0 Å². The van der Waals surface area contributed by atoms with E-state index in [1.54, 1.807) is 24.3 Å². The summed E-state index contributed by atoms with van der Waals surface area (Å²) in [7, 11) is -4.18. The van der Waals surface area contributed by atoms with Crippen molar-refractivity contribution in [3.05, 3.63) is 58.4 Å². The molecule has 34 heavy (non-hydrogen) atoms. The predicted octanol–water partition coefficient (Wildman–Crippen LogP) is 5.18. The minimum absolute atomic E-state index is 0.165. The fourth-order valence-corrected chi connectivity index (χ4v) is 4.61. The van der Waals surface area contributed by atoms with Crippen molar-refractivity contribution in [2.75, 3.05) is 5.32 Å². The molecule has 1 aromatic heterocycles. The molecule has 2 aromatic carbocycles. The second-order valence-electron chi connectivity index (χ2n) is 7.85. The molecule has 3 N–H and O–H groups in total. The Kier molecular flexibility index (Phi) is 8.54. The van der Waals surface area contributed by atoms with E-state index >= 15 is 0 Å². The molecular weight excluding hydrogens is 657 g/mol. The lowest BCUT2D eigenvalue weighted by Gasteiger charge is -2.21. The van der Waals surface area contributed by atoms with Crippen LogP contribution in [0.1, 0.15) is 25.8 Å². The third-order valence-corrected chi connectivity index (χ3v) is 6.34. The standard InChI is InChI=1S/C21H21N3O5S.BBr3/c1-12(2)9-10-24-16-6-4-3-5-14(16)19(26)18(21(24)27)20-22-15-8-7-13(25)11-17(15)30(28,29)23-20;2-1(3)4/h3-8,11-12,25-26H,9-10H2,1-2H3,(H,22,23);. The summed E-state index contributed by atoms with van der Waals surface area (Å²) in [4.78, 5) is 13.1. The Bertz CT molecular complexity index is 1420. The zero-order valence-corrected chi connectivity index (χ0v) is 23.7. The molecule has 1 aliphatic heterocycles. The smallest absolute Gasteiger partial charge is 0.369 e. The van der Waals surface area contributed by atoms with E-state index in [1.807, 2.05) is 13.8 Å². The quantitative estimate of drug-likeness (QED) is 0.259. The molecule has 1 aliphatic rings. The van der Waals surface area contributed by atoms with Gasteiger partial charge in [-0.25, -0.2) is 0 Å². The first kappa shape index (κ1) is 26.8. The summed E-state index contributed by atoms with van der Waals surface area (Å²) in [5, 5.41) is 23.7. The lowest BCUT2D eigenvalue weighted by molar-refractivity contribution is 0.472. The van der Waals surface area contributed by atoms with Crippen LogP contribution in [0.5, 0.6) is 11.5 Å². The lowest BCUT2D eigenvalue weighted by Crippen LogP contribution is -2.33. The van der Waals surface area contributed by atoms with E-state index in [2.05, 4.69) is 57.0 Å². The average molecular weight is 678 g/mol. The van der Waals surface area contributed by atoms with Gasteiger partial charge in [0.25, 0.3) is 15.6 Å². The molecule has 0 amide bonds. The highest BCUT2D eigenvalue weighted by molar-refractivity contribution is 9.69. The van der Waals surface area contributed by atoms with Crippen LogP contribution in [-0.4, -0.2) is 32.2 Å². The average Bonchev–Trinajstić information content (AvgIpc) is 2.73. The van der Waals surface area contributed by atoms with Gasteiger partial charge in [-0.05, 0) is 36.6 Å². The number of halogens is 3. The molecule has 0 saturated heterocycles. The molecule has 2 heterocycles. The molecule has 0 fully saturated rings. The third kappa shape index (κ3) is 5.87. The first-order valence-corrected chi connectivity index (χ1v) is 14.3. The van der Waals surface area contributed by atoms with Crippen molar-refractivity contribution in [2.45, 2.75) is 31.7 Å². The van der Waals surface area contributed by atoms with Crippen molar-refractivity contribution >= 4 is 82.9 Å². The fourth-order valence-electron chi connectivity index (χ4n) is 3.47. The maximum Gasteiger partial charge on any atom is 0.369 e. The number of hydrogen-bond acceptors (Lipinski definition) is 6. The Morgan fingerprint density at radius 2 is 1.76 bits per heavy atom. The normalized spacial score (nSPS) is 14.0. The second kappa shape index (κ2) is 10.8. The maximum atomic E-state index is 13.3. The molecule has 0 unspecified atom stereocenters. The van der Waals surface area contributed by atoms with Gasteiger partial charge in [0.1, 0.15) is 22.0 Å². The number of anilines is 1. The highest BCUT2D eigenvalue weighted by Gasteiger charge is 2.30. The van der Waals surface area contributed by atoms with Crippen LogP contribution in [0, 0.1) is 5.92 Å². The Balaban J connectivity index is 0.000000751. The minimum atomic E-state index is -4.18. The number of pyridine rings is 1. The van der Waals surface area contributed by atoms with E-state index in [9.17, 15) is 23.4 Å². The maximum absolute atomic E-state index is 13.3. The van der Waals surface area contributed by atoms with Crippen molar-refractivity contribution in [1.82, 2.24) is 4.57 Å². The number of amidine groups is 1. The number of nitrogens with one attached hydrogen (secondary N) is 1. The van der Waals surface area contributed by atoms with Crippen molar-refractivity contribution in [3.63, 3.8) is 0 Å². The molecule has 8 nitrogen and oxygen atoms in total. The second-order valence-corrected chi connectivity index (χ2v) is 15.9. The van der Waals surface area contributed by atoms with Crippen LogP contribution in [0.25, 0.3) is 10.9 Å². The Labute approximate surface area is 222 Å². The van der Waals surface area contributed by atoms with E-state index in [-0.39, 0.29) is 36.7 Å². The van der Waals surface area contributed by atoms with Gasteiger partial charge in [-0.15, -0.1) is 51.7 Å². The number of para-hydroxylation sites is 1. The van der Waals surface area contributed by atoms with E-state index in [0.717, 1.165) is 12.5 Å². The number of benzene rings is 2. The largest absolute Gasteiger partial charge is 0.508 e. The number of phenols is 1. The summed E-state index contributed by atoms with van der Waals surface area (Å²) in [6, 6.07) is 10.7. The fraction of sp³-hybridized carbons (Fsp3) is 0.238. The van der Waals surface area contributed by atoms with Crippen LogP contribution < -0.4 is 10.9 Å². The predicted molar refractivity (Wildman–Crippen MR) is 147 cm³/mol. The SMILES string of the molecule is BrB(Br)Br.CC(C)CCn1c(=O)c(C2=NS(=O)(=O)c3cc(O)ccc3N2)c(O)c2ccccc21. The first-order chi connectivity index (χ1) is 15.9. The zero-order chi connectivity index (χ0) is 25.2. The van der Waals surface area contributed by atoms with Crippen LogP contribution in [0.2, 0.25) is 0 Å². The van der Waals surface area contributed by atoms with Crippen LogP contribution >= 0.6 is 47.3 Å². The number of fused-ring (bicyclic) bond motifs is 2. The first-order valence-electron chi connectivity index (χ1n) is 10.1. The van der Waals surface area contributed by atoms with Gasteiger partial charge in [0.05, 0.1) is 11.2 Å². The number of phenolic OH excluding ortho intramolecular Hbond substituents is 1. The van der Waals surface area contributed by atoms with Crippen LogP contribution in [0.3, 0.4) is 0 Å². The number of aromatic nitrogens is 1. The number of aryl methyl sites for hydroxylation is 1. The molecular formula is C21H21BBr3N3O5S. The Morgan fingerprint density at radius 3 is 2.41 bits per heavy atom. The van der Waals surface area contributed by atoms with Crippen LogP contribution in [0.15, 0.2) is 56.6 Å². The number of nitrogens with zero attached hydrogens (tertiary/aromatic N) is 2. The van der Waals surface area contributed by atoms with Crippen LogP contribution in [0.4, 0.5) is 5.69 Å². The van der Waals surface area contributed by atoms with Crippen LogP contribution in [-0.2, 0) is 16.6 Å². The van der Waals surface area contributed by atoms with Gasteiger partial charge in [-0.2, -0.15) is 8.42 Å². The lowest BCUT2D eigenvalue weighted by atomic mass is 10.1. The summed E-state index contributed by atoms with van der Waals surface area (Å²) >= 11 is 9.31. The summed E-state index contributed by atoms with van der Waals surface area (Å²) in [5.41, 5.74) is -0.0113. The molecule has 0 radical (unpaired) electrons.